The van der Waals surface area contributed by atoms with E-state index in [1.165, 1.54) is 4.90 Å². The smallest absolute Gasteiger partial charge is 0.0188 e. The largest absolute Gasteiger partial charge is 0.269 e. The van der Waals surface area contributed by atoms with Crippen LogP contribution in [0.3, 0.4) is 0 Å². The molecule has 0 unspecified atom stereocenters. The van der Waals surface area contributed by atoms with Crippen molar-refractivity contribution in [3.8, 4) is 0 Å². The third-order valence-electron chi connectivity index (χ3n) is 0.832. The molecule has 82 valence electrons. The monoisotopic (exact) mass is 304 g/mol. The fourth-order valence-corrected chi connectivity index (χ4v) is 1.38. The predicted molar refractivity (Wildman–Crippen MR) is 58.5 cm³/mol. The molecule has 0 spiro atoms. The summed E-state index contributed by atoms with van der Waals surface area (Å²) in [4.78, 5) is 1.24. The van der Waals surface area contributed by atoms with Gasteiger partial charge in [0.15, 0.2) is 0 Å². The Morgan fingerprint density at radius 1 is 0.846 bits per heavy atom. The summed E-state index contributed by atoms with van der Waals surface area (Å²) >= 11 is 3.27. The summed E-state index contributed by atoms with van der Waals surface area (Å²) in [5, 5.41) is 0. The fraction of sp³-hybridized carbons (Fsp3) is 0. The lowest BCUT2D eigenvalue weighted by molar-refractivity contribution is 1.11. The van der Waals surface area contributed by atoms with E-state index in [1.54, 1.807) is 10.2 Å². The average Bonchev–Trinajstić information content (AvgIpc) is 1.90. The van der Waals surface area contributed by atoms with Gasteiger partial charge in [-0.3, -0.25) is 18.8 Å². The van der Waals surface area contributed by atoms with Gasteiger partial charge in [-0.2, -0.15) is 0 Å². The van der Waals surface area contributed by atoms with Crippen molar-refractivity contribution in [1.29, 1.82) is 0 Å². The molecule has 0 aliphatic heterocycles. The SMILES string of the molecule is BrSc1ccccc1.Cl.F.F.F.F. The summed E-state index contributed by atoms with van der Waals surface area (Å²) in [7, 11) is 1.58. The quantitative estimate of drug-likeness (QED) is 0.703. The van der Waals surface area contributed by atoms with Gasteiger partial charge in [-0.15, -0.1) is 12.4 Å². The lowest BCUT2D eigenvalue weighted by Crippen LogP contribution is -1.59. The Kier molecular flexibility index (Phi) is 40.4. The van der Waals surface area contributed by atoms with Crippen molar-refractivity contribution in [3.05, 3.63) is 30.3 Å². The number of hydrogen-bond donors (Lipinski definition) is 0. The molecule has 1 aromatic rings. The molecule has 0 aliphatic rings. The van der Waals surface area contributed by atoms with E-state index in [2.05, 4.69) is 26.9 Å². The Balaban J connectivity index is -0.0000000427. The zero-order valence-corrected chi connectivity index (χ0v) is 9.43. The van der Waals surface area contributed by atoms with Crippen LogP contribution in [0.1, 0.15) is 0 Å². The summed E-state index contributed by atoms with van der Waals surface area (Å²) in [5.74, 6) is 0. The summed E-state index contributed by atoms with van der Waals surface area (Å²) < 4.78 is 0. The average molecular weight is 306 g/mol. The summed E-state index contributed by atoms with van der Waals surface area (Å²) in [5.41, 5.74) is 0. The van der Waals surface area contributed by atoms with Crippen LogP contribution in [-0.4, -0.2) is 0 Å². The number of rotatable bonds is 1. The molecule has 0 aliphatic carbocycles. The van der Waals surface area contributed by atoms with Crippen LogP contribution >= 0.6 is 37.4 Å². The number of hydrogen-bond acceptors (Lipinski definition) is 1. The van der Waals surface area contributed by atoms with E-state index in [-0.39, 0.29) is 31.2 Å². The van der Waals surface area contributed by atoms with Gasteiger partial charge in [0.05, 0.1) is 0 Å². The van der Waals surface area contributed by atoms with Crippen LogP contribution in [0.2, 0.25) is 0 Å². The Hall–Kier alpha value is 0.0600. The summed E-state index contributed by atoms with van der Waals surface area (Å²) in [6.07, 6.45) is 0. The van der Waals surface area contributed by atoms with Gasteiger partial charge in [0, 0.05) is 4.90 Å². The molecule has 0 saturated heterocycles. The molecule has 0 aromatic heterocycles. The highest BCUT2D eigenvalue weighted by Gasteiger charge is 1.82. The molecule has 1 aromatic carbocycles. The maximum atomic E-state index is 3.27. The maximum Gasteiger partial charge on any atom is 0.0188 e. The van der Waals surface area contributed by atoms with Crippen molar-refractivity contribution in [2.45, 2.75) is 4.90 Å². The van der Waals surface area contributed by atoms with Gasteiger partial charge in [0.2, 0.25) is 0 Å². The Bertz CT molecular complexity index is 166. The first-order valence-corrected chi connectivity index (χ1v) is 4.93. The highest BCUT2D eigenvalue weighted by Crippen LogP contribution is 2.22. The Morgan fingerprint density at radius 3 is 1.46 bits per heavy atom. The van der Waals surface area contributed by atoms with Crippen molar-refractivity contribution < 1.29 is 18.8 Å². The van der Waals surface area contributed by atoms with Crippen molar-refractivity contribution in [3.63, 3.8) is 0 Å². The molecule has 1 rings (SSSR count). The van der Waals surface area contributed by atoms with Crippen molar-refractivity contribution in [2.75, 3.05) is 0 Å². The molecule has 0 N–H and O–H groups in total. The highest BCUT2D eigenvalue weighted by molar-refractivity contribution is 9.50. The Labute approximate surface area is 91.6 Å². The van der Waals surface area contributed by atoms with Crippen LogP contribution in [0.15, 0.2) is 35.2 Å². The minimum absolute atomic E-state index is 0. The van der Waals surface area contributed by atoms with E-state index in [9.17, 15) is 0 Å². The van der Waals surface area contributed by atoms with E-state index >= 15 is 0 Å². The Morgan fingerprint density at radius 2 is 1.23 bits per heavy atom. The molecule has 0 fully saturated rings. The van der Waals surface area contributed by atoms with Crippen molar-refractivity contribution >= 4 is 37.4 Å². The van der Waals surface area contributed by atoms with E-state index < -0.39 is 0 Å². The zero-order chi connectivity index (χ0) is 5.82. The van der Waals surface area contributed by atoms with Gasteiger partial charge in [-0.25, -0.2) is 0 Å². The lowest BCUT2D eigenvalue weighted by atomic mass is 10.4. The van der Waals surface area contributed by atoms with Gasteiger partial charge >= 0.3 is 0 Å². The van der Waals surface area contributed by atoms with Crippen LogP contribution < -0.4 is 0 Å². The van der Waals surface area contributed by atoms with Crippen LogP contribution in [0.5, 0.6) is 0 Å². The summed E-state index contributed by atoms with van der Waals surface area (Å²) in [6, 6.07) is 10.2. The minimum atomic E-state index is 0. The second-order valence-electron chi connectivity index (χ2n) is 1.39. The first kappa shape index (κ1) is 29.2. The molecule has 0 radical (unpaired) electrons. The van der Waals surface area contributed by atoms with Gasteiger partial charge in [0.1, 0.15) is 0 Å². The van der Waals surface area contributed by atoms with E-state index in [0.717, 1.165) is 0 Å². The molecular weight excluding hydrogens is 295 g/mol. The number of halogens is 6. The van der Waals surface area contributed by atoms with E-state index in [0.29, 0.717) is 0 Å². The second kappa shape index (κ2) is 18.0. The second-order valence-corrected chi connectivity index (χ2v) is 2.99. The van der Waals surface area contributed by atoms with Gasteiger partial charge in [0.25, 0.3) is 0 Å². The normalized spacial score (nSPS) is 5.62. The molecule has 13 heavy (non-hydrogen) atoms. The fourth-order valence-electron chi connectivity index (χ4n) is 0.472. The van der Waals surface area contributed by atoms with E-state index in [1.807, 2.05) is 18.2 Å². The molecule has 7 heteroatoms. The van der Waals surface area contributed by atoms with Crippen LogP contribution in [0, 0.1) is 0 Å². The zero-order valence-electron chi connectivity index (χ0n) is 6.21. The third-order valence-corrected chi connectivity index (χ3v) is 2.40. The molecule has 0 heterocycles. The first-order chi connectivity index (χ1) is 3.93. The minimum Gasteiger partial charge on any atom is -0.269 e. The summed E-state index contributed by atoms with van der Waals surface area (Å²) in [6.45, 7) is 0. The van der Waals surface area contributed by atoms with E-state index in [4.69, 9.17) is 0 Å². The third kappa shape index (κ3) is 12.1. The van der Waals surface area contributed by atoms with Crippen molar-refractivity contribution in [2.24, 2.45) is 0 Å². The number of benzene rings is 1. The molecule has 0 amide bonds. The molecule has 0 atom stereocenters. The van der Waals surface area contributed by atoms with Crippen molar-refractivity contribution in [1.82, 2.24) is 0 Å². The molecule has 0 bridgehead atoms. The topological polar surface area (TPSA) is 0 Å². The standard InChI is InChI=1S/C6H5BrS.ClH.4FH/c7-8-6-4-2-1-3-5-6;;;;;/h1-5H;5*1H. The molecular formula is C6H10BrClF4S. The first-order valence-electron chi connectivity index (χ1n) is 2.27. The van der Waals surface area contributed by atoms with Crippen LogP contribution in [0.4, 0.5) is 18.8 Å². The van der Waals surface area contributed by atoms with Crippen LogP contribution in [0.25, 0.3) is 0 Å². The van der Waals surface area contributed by atoms with Gasteiger partial charge in [-0.05, 0) is 37.1 Å². The van der Waals surface area contributed by atoms with Gasteiger partial charge in [-0.1, -0.05) is 18.2 Å². The van der Waals surface area contributed by atoms with Gasteiger partial charge < -0.3 is 0 Å². The molecule has 0 saturated carbocycles. The molecule has 0 nitrogen and oxygen atoms in total. The predicted octanol–water partition coefficient (Wildman–Crippen LogP) is 4.12. The lowest BCUT2D eigenvalue weighted by Gasteiger charge is -1.87. The highest BCUT2D eigenvalue weighted by atomic mass is 79.9. The van der Waals surface area contributed by atoms with Crippen LogP contribution in [-0.2, 0) is 0 Å². The maximum absolute atomic E-state index is 3.27.